The molecular weight excluding hydrogens is 491 g/mol. The van der Waals surface area contributed by atoms with Gasteiger partial charge in [-0.1, -0.05) is 24.3 Å². The van der Waals surface area contributed by atoms with Crippen LogP contribution in [0.4, 0.5) is 21.5 Å². The fraction of sp³-hybridized carbons (Fsp3) is 0.250. The highest BCUT2D eigenvalue weighted by atomic mass is 32.2. The molecule has 1 fully saturated rings. The van der Waals surface area contributed by atoms with E-state index in [9.17, 15) is 33.0 Å². The lowest BCUT2D eigenvalue weighted by Gasteiger charge is -2.35. The molecule has 36 heavy (non-hydrogen) atoms. The van der Waals surface area contributed by atoms with E-state index in [1.807, 2.05) is 4.90 Å². The highest BCUT2D eigenvalue weighted by molar-refractivity contribution is 7.90. The summed E-state index contributed by atoms with van der Waals surface area (Å²) in [4.78, 5) is 25.4. The lowest BCUT2D eigenvalue weighted by molar-refractivity contribution is -0.384. The van der Waals surface area contributed by atoms with Crippen LogP contribution in [0.3, 0.4) is 0 Å². The molecule has 0 saturated carbocycles. The Labute approximate surface area is 206 Å². The number of nitrogens with zero attached hydrogens (tertiary/aromatic N) is 4. The number of nitro groups is 2. The molecule has 0 atom stereocenters. The second-order valence-corrected chi connectivity index (χ2v) is 10.5. The number of nitro benzene ring substituents is 2. The third-order valence-corrected chi connectivity index (χ3v) is 7.72. The van der Waals surface area contributed by atoms with Crippen molar-refractivity contribution in [1.29, 1.82) is 0 Å². The van der Waals surface area contributed by atoms with Crippen molar-refractivity contribution in [1.82, 2.24) is 4.90 Å². The first-order valence-corrected chi connectivity index (χ1v) is 12.7. The smallest absolute Gasteiger partial charge is 0.293 e. The number of hydrogen-bond donors (Lipinski definition) is 0. The maximum atomic E-state index is 13.1. The average molecular weight is 515 g/mol. The van der Waals surface area contributed by atoms with Gasteiger partial charge in [-0.15, -0.1) is 0 Å². The van der Waals surface area contributed by atoms with Gasteiger partial charge in [-0.05, 0) is 35.4 Å². The minimum absolute atomic E-state index is 0.0269. The van der Waals surface area contributed by atoms with Crippen molar-refractivity contribution >= 4 is 26.9 Å². The predicted octanol–water partition coefficient (Wildman–Crippen LogP) is 3.94. The molecule has 1 aliphatic rings. The molecule has 12 heteroatoms. The second-order valence-electron chi connectivity index (χ2n) is 8.48. The van der Waals surface area contributed by atoms with Crippen LogP contribution in [0.25, 0.3) is 0 Å². The first kappa shape index (κ1) is 25.2. The SMILES string of the molecule is O=[N+]([O-])c1ccc(CN2CCN(c3ccc(S(=O)(=O)Cc4ccc(F)cc4)cc3[N+](=O)[O-])CC2)cc1. The summed E-state index contributed by atoms with van der Waals surface area (Å²) in [6.45, 7) is 2.80. The first-order chi connectivity index (χ1) is 17.1. The number of sulfone groups is 1. The van der Waals surface area contributed by atoms with Gasteiger partial charge in [0.25, 0.3) is 11.4 Å². The van der Waals surface area contributed by atoms with E-state index in [1.165, 1.54) is 36.4 Å². The van der Waals surface area contributed by atoms with Crippen LogP contribution in [-0.2, 0) is 22.1 Å². The average Bonchev–Trinajstić information content (AvgIpc) is 2.86. The van der Waals surface area contributed by atoms with Crippen LogP contribution in [0.5, 0.6) is 0 Å². The Hall–Kier alpha value is -3.90. The van der Waals surface area contributed by atoms with E-state index in [-0.39, 0.29) is 16.3 Å². The number of non-ortho nitro benzene ring substituents is 1. The van der Waals surface area contributed by atoms with Gasteiger partial charge in [0.05, 0.1) is 20.5 Å². The Morgan fingerprint density at radius 1 is 0.806 bits per heavy atom. The summed E-state index contributed by atoms with van der Waals surface area (Å²) in [5.74, 6) is -0.880. The van der Waals surface area contributed by atoms with Crippen LogP contribution in [0.1, 0.15) is 11.1 Å². The summed E-state index contributed by atoms with van der Waals surface area (Å²) >= 11 is 0. The number of anilines is 1. The molecule has 0 aliphatic carbocycles. The number of hydrogen-bond acceptors (Lipinski definition) is 8. The van der Waals surface area contributed by atoms with Crippen molar-refractivity contribution < 1.29 is 22.7 Å². The third-order valence-electron chi connectivity index (χ3n) is 6.04. The molecule has 0 amide bonds. The summed E-state index contributed by atoms with van der Waals surface area (Å²) in [5.41, 5.74) is 1.39. The van der Waals surface area contributed by atoms with Gasteiger partial charge in [0.15, 0.2) is 9.84 Å². The number of piperazine rings is 1. The topological polar surface area (TPSA) is 127 Å². The van der Waals surface area contributed by atoms with E-state index < -0.39 is 31.3 Å². The Morgan fingerprint density at radius 3 is 2.00 bits per heavy atom. The Kier molecular flexibility index (Phi) is 7.27. The van der Waals surface area contributed by atoms with E-state index in [4.69, 9.17) is 0 Å². The molecule has 1 saturated heterocycles. The van der Waals surface area contributed by atoms with Gasteiger partial charge in [-0.2, -0.15) is 0 Å². The fourth-order valence-corrected chi connectivity index (χ4v) is 5.49. The Morgan fingerprint density at radius 2 is 1.42 bits per heavy atom. The molecule has 4 rings (SSSR count). The molecular formula is C24H23FN4O6S. The van der Waals surface area contributed by atoms with Gasteiger partial charge >= 0.3 is 0 Å². The van der Waals surface area contributed by atoms with Crippen molar-refractivity contribution in [2.24, 2.45) is 0 Å². The highest BCUT2D eigenvalue weighted by Crippen LogP contribution is 2.32. The Bertz CT molecular complexity index is 1370. The maximum absolute atomic E-state index is 13.1. The van der Waals surface area contributed by atoms with Crippen molar-refractivity contribution in [3.8, 4) is 0 Å². The molecule has 1 heterocycles. The van der Waals surface area contributed by atoms with E-state index in [1.54, 1.807) is 12.1 Å². The van der Waals surface area contributed by atoms with Crippen LogP contribution >= 0.6 is 0 Å². The minimum atomic E-state index is -3.88. The van der Waals surface area contributed by atoms with Crippen LogP contribution in [0.15, 0.2) is 71.6 Å². The molecule has 1 aliphatic heterocycles. The van der Waals surface area contributed by atoms with Crippen LogP contribution in [-0.4, -0.2) is 49.3 Å². The highest BCUT2D eigenvalue weighted by Gasteiger charge is 2.27. The predicted molar refractivity (Wildman–Crippen MR) is 131 cm³/mol. The van der Waals surface area contributed by atoms with Gasteiger partial charge in [0, 0.05) is 50.9 Å². The number of benzene rings is 3. The van der Waals surface area contributed by atoms with Crippen LogP contribution in [0.2, 0.25) is 0 Å². The van der Waals surface area contributed by atoms with Crippen LogP contribution < -0.4 is 4.90 Å². The molecule has 0 bridgehead atoms. The van der Waals surface area contributed by atoms with Crippen molar-refractivity contribution in [2.75, 3.05) is 31.1 Å². The van der Waals surface area contributed by atoms with Gasteiger partial charge in [-0.25, -0.2) is 12.8 Å². The summed E-state index contributed by atoms with van der Waals surface area (Å²) in [5, 5.41) is 22.6. The molecule has 10 nitrogen and oxygen atoms in total. The zero-order valence-electron chi connectivity index (χ0n) is 19.1. The maximum Gasteiger partial charge on any atom is 0.293 e. The van der Waals surface area contributed by atoms with E-state index in [0.717, 1.165) is 23.8 Å². The van der Waals surface area contributed by atoms with Crippen molar-refractivity contribution in [3.05, 3.63) is 104 Å². The zero-order chi connectivity index (χ0) is 25.9. The third kappa shape index (κ3) is 5.83. The lowest BCUT2D eigenvalue weighted by atomic mass is 10.1. The van der Waals surface area contributed by atoms with Crippen LogP contribution in [0, 0.1) is 26.0 Å². The molecule has 3 aromatic carbocycles. The summed E-state index contributed by atoms with van der Waals surface area (Å²) in [6.07, 6.45) is 0. The monoisotopic (exact) mass is 514 g/mol. The van der Waals surface area contributed by atoms with Crippen molar-refractivity contribution in [2.45, 2.75) is 17.2 Å². The largest absolute Gasteiger partial charge is 0.363 e. The molecule has 188 valence electrons. The van der Waals surface area contributed by atoms with E-state index in [2.05, 4.69) is 4.90 Å². The second kappa shape index (κ2) is 10.4. The summed E-state index contributed by atoms with van der Waals surface area (Å²) < 4.78 is 38.8. The summed E-state index contributed by atoms with van der Waals surface area (Å²) in [7, 11) is -3.88. The van der Waals surface area contributed by atoms with E-state index >= 15 is 0 Å². The molecule has 0 unspecified atom stereocenters. The Balaban J connectivity index is 1.45. The number of rotatable bonds is 8. The summed E-state index contributed by atoms with van der Waals surface area (Å²) in [6, 6.07) is 15.3. The minimum Gasteiger partial charge on any atom is -0.363 e. The standard InChI is InChI=1S/C24H23FN4O6S/c25-20-5-1-19(2-6-20)17-36(34,35)22-9-10-23(24(15-22)29(32)33)27-13-11-26(12-14-27)16-18-3-7-21(8-4-18)28(30)31/h1-10,15H,11-14,16-17H2. The molecule has 0 radical (unpaired) electrons. The van der Waals surface area contributed by atoms with Gasteiger partial charge < -0.3 is 4.90 Å². The lowest BCUT2D eigenvalue weighted by Crippen LogP contribution is -2.46. The normalized spacial score (nSPS) is 14.5. The van der Waals surface area contributed by atoms with Crippen molar-refractivity contribution in [3.63, 3.8) is 0 Å². The first-order valence-electron chi connectivity index (χ1n) is 11.1. The van der Waals surface area contributed by atoms with Gasteiger partial charge in [0.1, 0.15) is 11.5 Å². The molecule has 0 spiro atoms. The van der Waals surface area contributed by atoms with E-state index in [0.29, 0.717) is 44.0 Å². The number of halogens is 1. The fourth-order valence-electron chi connectivity index (χ4n) is 4.12. The molecule has 0 aromatic heterocycles. The molecule has 3 aromatic rings. The molecule has 0 N–H and O–H groups in total. The van der Waals surface area contributed by atoms with Gasteiger partial charge in [-0.3, -0.25) is 25.1 Å². The van der Waals surface area contributed by atoms with Gasteiger partial charge in [0.2, 0.25) is 0 Å². The quantitative estimate of drug-likeness (QED) is 0.327. The zero-order valence-corrected chi connectivity index (χ0v) is 19.9.